The zero-order valence-corrected chi connectivity index (χ0v) is 12.4. The van der Waals surface area contributed by atoms with Crippen LogP contribution in [-0.2, 0) is 5.60 Å². The summed E-state index contributed by atoms with van der Waals surface area (Å²) in [5.74, 6) is -0.586. The first kappa shape index (κ1) is 14.9. The lowest BCUT2D eigenvalue weighted by atomic mass is 9.95. The van der Waals surface area contributed by atoms with E-state index in [1.54, 1.807) is 13.0 Å². The summed E-state index contributed by atoms with van der Waals surface area (Å²) in [7, 11) is 0. The van der Waals surface area contributed by atoms with E-state index in [2.05, 4.69) is 21.2 Å². The minimum atomic E-state index is -1.29. The third-order valence-corrected chi connectivity index (χ3v) is 3.73. The van der Waals surface area contributed by atoms with Crippen molar-refractivity contribution < 1.29 is 9.50 Å². The van der Waals surface area contributed by atoms with Crippen LogP contribution in [-0.4, -0.2) is 17.7 Å². The number of rotatable bonds is 4. The van der Waals surface area contributed by atoms with Gasteiger partial charge in [0.15, 0.2) is 0 Å². The van der Waals surface area contributed by atoms with Crippen LogP contribution < -0.4 is 5.32 Å². The molecule has 5 heteroatoms. The molecule has 1 aromatic rings. The molecule has 1 rings (SSSR count). The van der Waals surface area contributed by atoms with Gasteiger partial charge < -0.3 is 10.4 Å². The Hall–Kier alpha value is -0.160. The molecule has 2 N–H and O–H groups in total. The molecule has 17 heavy (non-hydrogen) atoms. The highest BCUT2D eigenvalue weighted by molar-refractivity contribution is 9.10. The fourth-order valence-electron chi connectivity index (χ4n) is 1.44. The highest BCUT2D eigenvalue weighted by atomic mass is 79.9. The van der Waals surface area contributed by atoms with Crippen LogP contribution in [0.2, 0.25) is 5.02 Å². The van der Waals surface area contributed by atoms with Crippen molar-refractivity contribution in [3.63, 3.8) is 0 Å². The summed E-state index contributed by atoms with van der Waals surface area (Å²) in [5, 5.41) is 13.3. The molecule has 0 aliphatic carbocycles. The van der Waals surface area contributed by atoms with E-state index in [4.69, 9.17) is 11.6 Å². The minimum Gasteiger partial charge on any atom is -0.384 e. The van der Waals surface area contributed by atoms with E-state index in [0.29, 0.717) is 4.47 Å². The SMILES string of the molecule is CC(C)NCC(C)(O)c1ccc(Br)c(Cl)c1F. The molecule has 0 aliphatic rings. The van der Waals surface area contributed by atoms with Gasteiger partial charge in [0, 0.05) is 22.6 Å². The van der Waals surface area contributed by atoms with Crippen molar-refractivity contribution in [2.75, 3.05) is 6.54 Å². The highest BCUT2D eigenvalue weighted by Gasteiger charge is 2.28. The molecule has 0 fully saturated rings. The summed E-state index contributed by atoms with van der Waals surface area (Å²) >= 11 is 8.94. The molecule has 1 unspecified atom stereocenters. The molecule has 0 aliphatic heterocycles. The van der Waals surface area contributed by atoms with Crippen LogP contribution in [0.15, 0.2) is 16.6 Å². The van der Waals surface area contributed by atoms with Gasteiger partial charge in [-0.3, -0.25) is 0 Å². The Morgan fingerprint density at radius 2 is 2.12 bits per heavy atom. The van der Waals surface area contributed by atoms with E-state index < -0.39 is 11.4 Å². The fourth-order valence-corrected chi connectivity index (χ4v) is 1.91. The number of aliphatic hydroxyl groups is 1. The maximum Gasteiger partial charge on any atom is 0.149 e. The second-order valence-electron chi connectivity index (χ2n) is 4.53. The number of hydrogen-bond acceptors (Lipinski definition) is 2. The Morgan fingerprint density at radius 3 is 2.65 bits per heavy atom. The summed E-state index contributed by atoms with van der Waals surface area (Å²) in [6.07, 6.45) is 0. The molecular formula is C12H16BrClFNO. The van der Waals surface area contributed by atoms with Gasteiger partial charge in [0.1, 0.15) is 11.4 Å². The smallest absolute Gasteiger partial charge is 0.149 e. The summed E-state index contributed by atoms with van der Waals surface area (Å²) in [5.41, 5.74) is -1.10. The number of benzene rings is 1. The summed E-state index contributed by atoms with van der Waals surface area (Å²) in [6, 6.07) is 3.38. The average molecular weight is 325 g/mol. The highest BCUT2D eigenvalue weighted by Crippen LogP contribution is 2.32. The van der Waals surface area contributed by atoms with Gasteiger partial charge in [-0.25, -0.2) is 4.39 Å². The molecule has 1 aromatic carbocycles. The monoisotopic (exact) mass is 323 g/mol. The first-order valence-corrected chi connectivity index (χ1v) is 6.52. The molecular weight excluding hydrogens is 308 g/mol. The van der Waals surface area contributed by atoms with Gasteiger partial charge in [-0.05, 0) is 28.9 Å². The first-order valence-electron chi connectivity index (χ1n) is 5.35. The third kappa shape index (κ3) is 3.65. The molecule has 1 atom stereocenters. The molecule has 0 spiro atoms. The largest absolute Gasteiger partial charge is 0.384 e. The van der Waals surface area contributed by atoms with Crippen LogP contribution in [0.3, 0.4) is 0 Å². The van der Waals surface area contributed by atoms with Gasteiger partial charge in [-0.2, -0.15) is 0 Å². The Balaban J connectivity index is 3.02. The maximum absolute atomic E-state index is 13.9. The van der Waals surface area contributed by atoms with Crippen molar-refractivity contribution in [1.82, 2.24) is 5.32 Å². The van der Waals surface area contributed by atoms with E-state index in [1.807, 2.05) is 13.8 Å². The van der Waals surface area contributed by atoms with Gasteiger partial charge in [0.2, 0.25) is 0 Å². The quantitative estimate of drug-likeness (QED) is 0.832. The average Bonchev–Trinajstić information content (AvgIpc) is 2.23. The van der Waals surface area contributed by atoms with Crippen molar-refractivity contribution >= 4 is 27.5 Å². The molecule has 0 heterocycles. The van der Waals surface area contributed by atoms with Crippen LogP contribution in [0.25, 0.3) is 0 Å². The van der Waals surface area contributed by atoms with Crippen LogP contribution in [0.5, 0.6) is 0 Å². The predicted molar refractivity (Wildman–Crippen MR) is 71.8 cm³/mol. The Kier molecular flexibility index (Phi) is 4.95. The predicted octanol–water partition coefficient (Wildman–Crippen LogP) is 3.45. The minimum absolute atomic E-state index is 0.00711. The number of halogens is 3. The molecule has 0 aromatic heterocycles. The van der Waals surface area contributed by atoms with Gasteiger partial charge in [-0.1, -0.05) is 31.5 Å². The lowest BCUT2D eigenvalue weighted by Gasteiger charge is -2.26. The lowest BCUT2D eigenvalue weighted by molar-refractivity contribution is 0.0512. The van der Waals surface area contributed by atoms with Crippen molar-refractivity contribution in [2.45, 2.75) is 32.4 Å². The Bertz CT molecular complexity index is 410. The van der Waals surface area contributed by atoms with Crippen molar-refractivity contribution in [3.05, 3.63) is 33.0 Å². The van der Waals surface area contributed by atoms with Gasteiger partial charge in [-0.15, -0.1) is 0 Å². The zero-order chi connectivity index (χ0) is 13.2. The zero-order valence-electron chi connectivity index (χ0n) is 10.0. The molecule has 0 radical (unpaired) electrons. The normalized spacial score (nSPS) is 15.1. The van der Waals surface area contributed by atoms with Crippen LogP contribution in [0, 0.1) is 5.82 Å². The number of hydrogen-bond donors (Lipinski definition) is 2. The van der Waals surface area contributed by atoms with Crippen LogP contribution >= 0.6 is 27.5 Å². The Morgan fingerprint density at radius 1 is 1.53 bits per heavy atom. The first-order chi connectivity index (χ1) is 7.75. The van der Waals surface area contributed by atoms with Gasteiger partial charge >= 0.3 is 0 Å². The summed E-state index contributed by atoms with van der Waals surface area (Å²) in [4.78, 5) is 0. The van der Waals surface area contributed by atoms with E-state index in [1.165, 1.54) is 6.07 Å². The lowest BCUT2D eigenvalue weighted by Crippen LogP contribution is -2.39. The van der Waals surface area contributed by atoms with E-state index in [0.717, 1.165) is 0 Å². The standard InChI is InChI=1S/C12H16BrClFNO/c1-7(2)16-6-12(3,17)8-4-5-9(13)10(14)11(8)15/h4-5,7,16-17H,6H2,1-3H3. The van der Waals surface area contributed by atoms with Crippen LogP contribution in [0.1, 0.15) is 26.3 Å². The summed E-state index contributed by atoms with van der Waals surface area (Å²) < 4.78 is 14.4. The van der Waals surface area contributed by atoms with Crippen molar-refractivity contribution in [3.8, 4) is 0 Å². The Labute approximate surface area is 114 Å². The number of nitrogens with one attached hydrogen (secondary N) is 1. The molecule has 0 amide bonds. The van der Waals surface area contributed by atoms with Crippen LogP contribution in [0.4, 0.5) is 4.39 Å². The second kappa shape index (κ2) is 5.65. The summed E-state index contributed by atoms with van der Waals surface area (Å²) in [6.45, 7) is 5.74. The topological polar surface area (TPSA) is 32.3 Å². The van der Waals surface area contributed by atoms with Gasteiger partial charge in [0.25, 0.3) is 0 Å². The second-order valence-corrected chi connectivity index (χ2v) is 5.76. The van der Waals surface area contributed by atoms with E-state index in [9.17, 15) is 9.50 Å². The molecule has 0 saturated heterocycles. The molecule has 96 valence electrons. The van der Waals surface area contributed by atoms with Crippen molar-refractivity contribution in [1.29, 1.82) is 0 Å². The maximum atomic E-state index is 13.9. The van der Waals surface area contributed by atoms with E-state index >= 15 is 0 Å². The molecule has 0 saturated carbocycles. The van der Waals surface area contributed by atoms with Gasteiger partial charge in [0.05, 0.1) is 5.02 Å². The third-order valence-electron chi connectivity index (χ3n) is 2.47. The van der Waals surface area contributed by atoms with E-state index in [-0.39, 0.29) is 23.2 Å². The fraction of sp³-hybridized carbons (Fsp3) is 0.500. The molecule has 2 nitrogen and oxygen atoms in total. The van der Waals surface area contributed by atoms with Crippen molar-refractivity contribution in [2.24, 2.45) is 0 Å². The molecule has 0 bridgehead atoms.